The molecule has 2 fully saturated rings. The van der Waals surface area contributed by atoms with Gasteiger partial charge in [-0.15, -0.1) is 0 Å². The minimum Gasteiger partial charge on any atom is -0.494 e. The Morgan fingerprint density at radius 2 is 1.79 bits per heavy atom. The van der Waals surface area contributed by atoms with E-state index in [1.807, 2.05) is 36.9 Å². The van der Waals surface area contributed by atoms with Gasteiger partial charge in [-0.05, 0) is 89.0 Å². The molecule has 1 aromatic heterocycles. The van der Waals surface area contributed by atoms with Gasteiger partial charge >= 0.3 is 6.18 Å². The molecular formula is C35H42F3N7O3. The van der Waals surface area contributed by atoms with Crippen LogP contribution in [0.15, 0.2) is 42.6 Å². The Morgan fingerprint density at radius 3 is 2.48 bits per heavy atom. The van der Waals surface area contributed by atoms with Crippen LogP contribution in [-0.4, -0.2) is 85.0 Å². The summed E-state index contributed by atoms with van der Waals surface area (Å²) in [6, 6.07) is 11.0. The summed E-state index contributed by atoms with van der Waals surface area (Å²) in [6.07, 6.45) is -1.77. The quantitative estimate of drug-likeness (QED) is 0.337. The third-order valence-electron chi connectivity index (χ3n) is 9.85. The van der Waals surface area contributed by atoms with Crippen molar-refractivity contribution in [3.8, 4) is 5.75 Å². The number of ether oxygens (including phenoxy) is 1. The predicted octanol–water partition coefficient (Wildman–Crippen LogP) is 5.25. The first-order valence-corrected chi connectivity index (χ1v) is 16.4. The SMILES string of the molecule is COc1cc(N2CCN(C(=O)C3CCN(C)CC3)CC2)ccc1Nc1ncc(C(F)(F)F)c(CCc2cccc3c2C(C)(C)C(=O)N3)n1. The fourth-order valence-electron chi connectivity index (χ4n) is 7.00. The first-order chi connectivity index (χ1) is 22.8. The number of hydrogen-bond acceptors (Lipinski definition) is 8. The van der Waals surface area contributed by atoms with Crippen molar-refractivity contribution >= 4 is 34.8 Å². The Labute approximate surface area is 278 Å². The maximum atomic E-state index is 14.0. The number of likely N-dealkylation sites (tertiary alicyclic amines) is 1. The molecule has 3 aromatic rings. The summed E-state index contributed by atoms with van der Waals surface area (Å²) >= 11 is 0. The molecule has 6 rings (SSSR count). The molecule has 10 nitrogen and oxygen atoms in total. The van der Waals surface area contributed by atoms with Crippen molar-refractivity contribution in [3.05, 3.63) is 65.0 Å². The predicted molar refractivity (Wildman–Crippen MR) is 178 cm³/mol. The summed E-state index contributed by atoms with van der Waals surface area (Å²) in [5.74, 6) is 0.705. The third-order valence-corrected chi connectivity index (χ3v) is 9.85. The molecule has 0 bridgehead atoms. The summed E-state index contributed by atoms with van der Waals surface area (Å²) in [5, 5.41) is 5.92. The first-order valence-electron chi connectivity index (χ1n) is 16.4. The highest BCUT2D eigenvalue weighted by Gasteiger charge is 2.40. The minimum atomic E-state index is -4.63. The number of fused-ring (bicyclic) bond motifs is 1. The van der Waals surface area contributed by atoms with E-state index in [9.17, 15) is 22.8 Å². The van der Waals surface area contributed by atoms with Crippen LogP contribution < -0.4 is 20.3 Å². The number of rotatable bonds is 8. The summed E-state index contributed by atoms with van der Waals surface area (Å²) in [7, 11) is 3.62. The summed E-state index contributed by atoms with van der Waals surface area (Å²) in [5.41, 5.74) is 1.87. The van der Waals surface area contributed by atoms with Crippen LogP contribution in [0.5, 0.6) is 5.75 Å². The molecule has 0 aliphatic carbocycles. The molecule has 0 atom stereocenters. The monoisotopic (exact) mass is 665 g/mol. The van der Waals surface area contributed by atoms with Gasteiger partial charge in [0.25, 0.3) is 0 Å². The minimum absolute atomic E-state index is 0.00485. The van der Waals surface area contributed by atoms with Crippen LogP contribution >= 0.6 is 0 Å². The molecule has 0 saturated carbocycles. The van der Waals surface area contributed by atoms with Gasteiger partial charge in [0.1, 0.15) is 5.75 Å². The van der Waals surface area contributed by atoms with Crippen LogP contribution in [0.4, 0.5) is 36.2 Å². The van der Waals surface area contributed by atoms with E-state index in [2.05, 4.69) is 37.4 Å². The summed E-state index contributed by atoms with van der Waals surface area (Å²) in [4.78, 5) is 40.4. The van der Waals surface area contributed by atoms with Crippen LogP contribution in [0.2, 0.25) is 0 Å². The molecule has 3 aliphatic rings. The number of nitrogens with one attached hydrogen (secondary N) is 2. The van der Waals surface area contributed by atoms with E-state index in [4.69, 9.17) is 4.74 Å². The highest BCUT2D eigenvalue weighted by atomic mass is 19.4. The zero-order valence-electron chi connectivity index (χ0n) is 27.8. The van der Waals surface area contributed by atoms with Crippen LogP contribution in [0, 0.1) is 5.92 Å². The number of amides is 2. The third kappa shape index (κ3) is 6.78. The number of alkyl halides is 3. The zero-order valence-corrected chi connectivity index (χ0v) is 27.8. The number of aryl methyl sites for hydroxylation is 2. The van der Waals surface area contributed by atoms with E-state index in [1.165, 1.54) is 7.11 Å². The van der Waals surface area contributed by atoms with Crippen LogP contribution in [0.1, 0.15) is 49.1 Å². The van der Waals surface area contributed by atoms with Gasteiger partial charge in [-0.3, -0.25) is 9.59 Å². The van der Waals surface area contributed by atoms with Crippen molar-refractivity contribution in [2.24, 2.45) is 5.92 Å². The van der Waals surface area contributed by atoms with Gasteiger partial charge in [0.15, 0.2) is 0 Å². The Hall–Kier alpha value is -4.39. The number of carbonyl (C=O) groups is 2. The number of carbonyl (C=O) groups excluding carboxylic acids is 2. The number of nitrogens with zero attached hydrogens (tertiary/aromatic N) is 5. The lowest BCUT2D eigenvalue weighted by atomic mass is 9.82. The molecule has 48 heavy (non-hydrogen) atoms. The van der Waals surface area contributed by atoms with Crippen molar-refractivity contribution in [2.75, 3.05) is 69.0 Å². The van der Waals surface area contributed by atoms with Crippen molar-refractivity contribution in [1.29, 1.82) is 0 Å². The van der Waals surface area contributed by atoms with Gasteiger partial charge in [-0.2, -0.15) is 13.2 Å². The molecule has 2 amide bonds. The lowest BCUT2D eigenvalue weighted by Crippen LogP contribution is -2.51. The van der Waals surface area contributed by atoms with Gasteiger partial charge in [0.2, 0.25) is 17.8 Å². The van der Waals surface area contributed by atoms with Crippen LogP contribution in [0.3, 0.4) is 0 Å². The van der Waals surface area contributed by atoms with Crippen molar-refractivity contribution in [2.45, 2.75) is 51.1 Å². The Bertz CT molecular complexity index is 1680. The summed E-state index contributed by atoms with van der Waals surface area (Å²) in [6.45, 7) is 8.17. The van der Waals surface area contributed by atoms with E-state index in [1.54, 1.807) is 18.2 Å². The van der Waals surface area contributed by atoms with E-state index in [0.29, 0.717) is 43.3 Å². The molecule has 2 aromatic carbocycles. The second kappa shape index (κ2) is 13.3. The number of anilines is 4. The standard InChI is InChI=1S/C35H42F3N7O3/c1-34(2)30-22(6-5-7-28(30)40-32(34)47)8-10-26-25(35(36,37)38)21-39-33(41-26)42-27-11-9-24(20-29(27)48-4)44-16-18-45(19-17-44)31(46)23-12-14-43(3)15-13-23/h5-7,9,11,20-21,23H,8,10,12-19H2,1-4H3,(H,40,47)(H,39,41,42). The number of piperidine rings is 1. The Kier molecular flexibility index (Phi) is 9.25. The normalized spacial score (nSPS) is 18.4. The van der Waals surface area contributed by atoms with E-state index >= 15 is 0 Å². The fraction of sp³-hybridized carbons (Fsp3) is 0.486. The lowest BCUT2D eigenvalue weighted by Gasteiger charge is -2.39. The van der Waals surface area contributed by atoms with Crippen LogP contribution in [0.25, 0.3) is 0 Å². The van der Waals surface area contributed by atoms with Gasteiger partial charge in [0, 0.05) is 55.7 Å². The molecule has 256 valence electrons. The van der Waals surface area contributed by atoms with Gasteiger partial charge in [-0.25, -0.2) is 9.97 Å². The Morgan fingerprint density at radius 1 is 1.06 bits per heavy atom. The molecule has 2 N–H and O–H groups in total. The number of aromatic nitrogens is 2. The van der Waals surface area contributed by atoms with Gasteiger partial charge in [0.05, 0.1) is 29.5 Å². The highest BCUT2D eigenvalue weighted by Crippen LogP contribution is 2.41. The van der Waals surface area contributed by atoms with Crippen molar-refractivity contribution in [3.63, 3.8) is 0 Å². The lowest BCUT2D eigenvalue weighted by molar-refractivity contribution is -0.139. The molecule has 0 radical (unpaired) electrons. The average Bonchev–Trinajstić information content (AvgIpc) is 3.31. The number of piperazine rings is 1. The topological polar surface area (TPSA) is 103 Å². The molecule has 0 unspecified atom stereocenters. The molecule has 0 spiro atoms. The smallest absolute Gasteiger partial charge is 0.419 e. The fourth-order valence-corrected chi connectivity index (χ4v) is 7.00. The highest BCUT2D eigenvalue weighted by molar-refractivity contribution is 6.06. The summed E-state index contributed by atoms with van der Waals surface area (Å²) < 4.78 is 47.8. The largest absolute Gasteiger partial charge is 0.494 e. The van der Waals surface area contributed by atoms with Crippen LogP contribution in [-0.2, 0) is 34.0 Å². The maximum absolute atomic E-state index is 14.0. The van der Waals surface area contributed by atoms with Gasteiger partial charge < -0.3 is 30.1 Å². The molecule has 3 aliphatic heterocycles. The second-order valence-electron chi connectivity index (χ2n) is 13.4. The van der Waals surface area contributed by atoms with Gasteiger partial charge in [-0.1, -0.05) is 12.1 Å². The second-order valence-corrected chi connectivity index (χ2v) is 13.4. The van der Waals surface area contributed by atoms with Crippen molar-refractivity contribution in [1.82, 2.24) is 19.8 Å². The number of halogens is 3. The molecular weight excluding hydrogens is 623 g/mol. The first kappa shape index (κ1) is 33.5. The molecule has 13 heteroatoms. The number of benzene rings is 2. The molecule has 4 heterocycles. The maximum Gasteiger partial charge on any atom is 0.419 e. The number of hydrogen-bond donors (Lipinski definition) is 2. The number of methoxy groups -OCH3 is 1. The van der Waals surface area contributed by atoms with E-state index in [0.717, 1.165) is 48.9 Å². The average molecular weight is 666 g/mol. The zero-order chi connectivity index (χ0) is 34.2. The Balaban J connectivity index is 1.15. The van der Waals surface area contributed by atoms with E-state index < -0.39 is 17.2 Å². The molecule has 2 saturated heterocycles. The van der Waals surface area contributed by atoms with Crippen molar-refractivity contribution < 1.29 is 27.5 Å². The van der Waals surface area contributed by atoms with E-state index in [-0.39, 0.29) is 42.2 Å².